The van der Waals surface area contributed by atoms with E-state index in [0.29, 0.717) is 0 Å². The zero-order chi connectivity index (χ0) is 9.10. The van der Waals surface area contributed by atoms with Crippen LogP contribution < -0.4 is 10.6 Å². The number of nitrogens with zero attached hydrogens (tertiary/aromatic N) is 3. The second-order valence-corrected chi connectivity index (χ2v) is 2.91. The summed E-state index contributed by atoms with van der Waals surface area (Å²) < 4.78 is 0. The lowest BCUT2D eigenvalue weighted by atomic mass is 10.1. The minimum atomic E-state index is -0.0496. The van der Waals surface area contributed by atoms with Crippen molar-refractivity contribution in [2.75, 3.05) is 18.4 Å². The number of rotatable bonds is 2. The van der Waals surface area contributed by atoms with Gasteiger partial charge in [-0.05, 0) is 18.2 Å². The van der Waals surface area contributed by atoms with E-state index >= 15 is 0 Å². The summed E-state index contributed by atoms with van der Waals surface area (Å²) in [6.45, 7) is 1.62. The maximum Gasteiger partial charge on any atom is 0.269 e. The topological polar surface area (TPSA) is 95.6 Å². The minimum absolute atomic E-state index is 0.0264. The molecular weight excluding hydrogens is 172 g/mol. The maximum atomic E-state index is 11.4. The highest BCUT2D eigenvalue weighted by atomic mass is 16.2. The number of carbonyl (C=O) groups excluding carboxylic acids is 1. The van der Waals surface area contributed by atoms with Crippen LogP contribution in [-0.4, -0.2) is 39.6 Å². The number of hydrogen-bond acceptors (Lipinski definition) is 5. The van der Waals surface area contributed by atoms with Crippen LogP contribution in [-0.2, 0) is 4.79 Å². The molecule has 1 saturated heterocycles. The zero-order valence-corrected chi connectivity index (χ0v) is 6.95. The van der Waals surface area contributed by atoms with Gasteiger partial charge in [-0.2, -0.15) is 5.21 Å². The molecule has 0 aromatic carbocycles. The van der Waals surface area contributed by atoms with Gasteiger partial charge in [0.05, 0.1) is 5.92 Å². The molecule has 1 atom stereocenters. The number of amides is 1. The van der Waals surface area contributed by atoms with Crippen LogP contribution in [0.3, 0.4) is 0 Å². The van der Waals surface area contributed by atoms with Crippen LogP contribution >= 0.6 is 0 Å². The lowest BCUT2D eigenvalue weighted by molar-refractivity contribution is -0.119. The van der Waals surface area contributed by atoms with Crippen molar-refractivity contribution in [3.63, 3.8) is 0 Å². The standard InChI is InChI=1S/C6H10N6O/c13-5(4-1-2-7-3-4)8-6-9-11-12-10-6/h4,7H,1-3H2,(H2,8,9,10,11,12,13). The number of nitrogens with one attached hydrogen (secondary N) is 3. The monoisotopic (exact) mass is 182 g/mol. The normalized spacial score (nSPS) is 21.7. The Balaban J connectivity index is 1.91. The van der Waals surface area contributed by atoms with Gasteiger partial charge < -0.3 is 5.32 Å². The van der Waals surface area contributed by atoms with E-state index in [2.05, 4.69) is 31.3 Å². The maximum absolute atomic E-state index is 11.4. The fourth-order valence-electron chi connectivity index (χ4n) is 1.31. The highest BCUT2D eigenvalue weighted by molar-refractivity contribution is 5.91. The Morgan fingerprint density at radius 1 is 1.62 bits per heavy atom. The second-order valence-electron chi connectivity index (χ2n) is 2.91. The van der Waals surface area contributed by atoms with Crippen molar-refractivity contribution in [2.45, 2.75) is 6.42 Å². The molecule has 1 aliphatic rings. The van der Waals surface area contributed by atoms with E-state index in [1.807, 2.05) is 0 Å². The van der Waals surface area contributed by atoms with E-state index in [4.69, 9.17) is 0 Å². The minimum Gasteiger partial charge on any atom is -0.316 e. The van der Waals surface area contributed by atoms with Gasteiger partial charge >= 0.3 is 0 Å². The van der Waals surface area contributed by atoms with Gasteiger partial charge in [0, 0.05) is 6.54 Å². The van der Waals surface area contributed by atoms with Crippen LogP contribution in [0.2, 0.25) is 0 Å². The van der Waals surface area contributed by atoms with Crippen molar-refractivity contribution in [2.24, 2.45) is 5.92 Å². The third-order valence-corrected chi connectivity index (χ3v) is 2.01. The summed E-state index contributed by atoms with van der Waals surface area (Å²) in [5.41, 5.74) is 0. The molecule has 1 aromatic rings. The Hall–Kier alpha value is -1.50. The first-order chi connectivity index (χ1) is 6.36. The summed E-state index contributed by atoms with van der Waals surface area (Å²) >= 11 is 0. The summed E-state index contributed by atoms with van der Waals surface area (Å²) in [4.78, 5) is 11.4. The summed E-state index contributed by atoms with van der Waals surface area (Å²) in [6, 6.07) is 0. The summed E-state index contributed by atoms with van der Waals surface area (Å²) in [5, 5.41) is 18.5. The Kier molecular flexibility index (Phi) is 2.17. The molecule has 3 N–H and O–H groups in total. The highest BCUT2D eigenvalue weighted by Crippen LogP contribution is 2.09. The fraction of sp³-hybridized carbons (Fsp3) is 0.667. The van der Waals surface area contributed by atoms with Crippen molar-refractivity contribution in [3.8, 4) is 0 Å². The van der Waals surface area contributed by atoms with E-state index in [0.717, 1.165) is 19.5 Å². The Bertz CT molecular complexity index is 277. The lowest BCUT2D eigenvalue weighted by Crippen LogP contribution is -2.25. The van der Waals surface area contributed by atoms with Crippen LogP contribution in [0.25, 0.3) is 0 Å². The molecule has 0 bridgehead atoms. The van der Waals surface area contributed by atoms with Gasteiger partial charge in [-0.1, -0.05) is 5.10 Å². The molecule has 1 unspecified atom stereocenters. The van der Waals surface area contributed by atoms with Gasteiger partial charge in [0.1, 0.15) is 0 Å². The first-order valence-corrected chi connectivity index (χ1v) is 4.11. The predicted octanol–water partition coefficient (Wildman–Crippen LogP) is -1.25. The van der Waals surface area contributed by atoms with E-state index < -0.39 is 0 Å². The molecule has 0 saturated carbocycles. The number of aromatic amines is 1. The number of aromatic nitrogens is 4. The van der Waals surface area contributed by atoms with Crippen LogP contribution in [0.1, 0.15) is 6.42 Å². The molecule has 2 rings (SSSR count). The Labute approximate surface area is 74.3 Å². The van der Waals surface area contributed by atoms with Gasteiger partial charge in [0.15, 0.2) is 0 Å². The second kappa shape index (κ2) is 3.48. The largest absolute Gasteiger partial charge is 0.316 e. The third kappa shape index (κ3) is 1.81. The average molecular weight is 182 g/mol. The molecule has 7 heteroatoms. The Morgan fingerprint density at radius 3 is 3.15 bits per heavy atom. The van der Waals surface area contributed by atoms with Crippen molar-refractivity contribution >= 4 is 11.9 Å². The van der Waals surface area contributed by atoms with Gasteiger partial charge in [-0.25, -0.2) is 0 Å². The Morgan fingerprint density at radius 2 is 2.54 bits per heavy atom. The van der Waals surface area contributed by atoms with Gasteiger partial charge in [-0.3, -0.25) is 10.1 Å². The van der Waals surface area contributed by atoms with Gasteiger partial charge in [-0.15, -0.1) is 5.10 Å². The SMILES string of the molecule is O=C(Nc1nn[nH]n1)C1CCNC1. The summed E-state index contributed by atoms with van der Waals surface area (Å²) in [5.74, 6) is 0.210. The number of carbonyl (C=O) groups is 1. The van der Waals surface area contributed by atoms with E-state index in [-0.39, 0.29) is 17.8 Å². The molecule has 13 heavy (non-hydrogen) atoms. The van der Waals surface area contributed by atoms with Gasteiger partial charge in [0.25, 0.3) is 5.95 Å². The molecule has 0 aliphatic carbocycles. The van der Waals surface area contributed by atoms with Crippen LogP contribution in [0.15, 0.2) is 0 Å². The van der Waals surface area contributed by atoms with Crippen LogP contribution in [0.5, 0.6) is 0 Å². The van der Waals surface area contributed by atoms with Crippen molar-refractivity contribution in [3.05, 3.63) is 0 Å². The van der Waals surface area contributed by atoms with E-state index in [9.17, 15) is 4.79 Å². The van der Waals surface area contributed by atoms with E-state index in [1.54, 1.807) is 0 Å². The van der Waals surface area contributed by atoms with Gasteiger partial charge in [0.2, 0.25) is 5.91 Å². The number of tetrazole rings is 1. The number of anilines is 1. The third-order valence-electron chi connectivity index (χ3n) is 2.01. The van der Waals surface area contributed by atoms with Crippen molar-refractivity contribution in [1.82, 2.24) is 25.9 Å². The van der Waals surface area contributed by atoms with Crippen molar-refractivity contribution in [1.29, 1.82) is 0 Å². The van der Waals surface area contributed by atoms with Crippen molar-refractivity contribution < 1.29 is 4.79 Å². The lowest BCUT2D eigenvalue weighted by Gasteiger charge is -2.05. The molecule has 1 aliphatic heterocycles. The van der Waals surface area contributed by atoms with Crippen LogP contribution in [0.4, 0.5) is 5.95 Å². The zero-order valence-electron chi connectivity index (χ0n) is 6.95. The molecular formula is C6H10N6O. The van der Waals surface area contributed by atoms with E-state index in [1.165, 1.54) is 0 Å². The molecule has 1 aromatic heterocycles. The molecule has 1 amide bonds. The molecule has 7 nitrogen and oxygen atoms in total. The molecule has 2 heterocycles. The molecule has 70 valence electrons. The molecule has 0 spiro atoms. The summed E-state index contributed by atoms with van der Waals surface area (Å²) in [7, 11) is 0. The number of H-pyrrole nitrogens is 1. The van der Waals surface area contributed by atoms with Crippen LogP contribution in [0, 0.1) is 5.92 Å². The first kappa shape index (κ1) is 8.11. The smallest absolute Gasteiger partial charge is 0.269 e. The summed E-state index contributed by atoms with van der Waals surface area (Å²) in [6.07, 6.45) is 0.865. The average Bonchev–Trinajstić information content (AvgIpc) is 2.74. The molecule has 1 fully saturated rings. The quantitative estimate of drug-likeness (QED) is 0.531. The number of hydrogen-bond donors (Lipinski definition) is 3. The molecule has 0 radical (unpaired) electrons. The predicted molar refractivity (Wildman–Crippen MR) is 43.8 cm³/mol. The highest BCUT2D eigenvalue weighted by Gasteiger charge is 2.22. The first-order valence-electron chi connectivity index (χ1n) is 4.11. The fourth-order valence-corrected chi connectivity index (χ4v) is 1.31.